The van der Waals surface area contributed by atoms with Crippen LogP contribution in [0.5, 0.6) is 0 Å². The standard InChI is InChI=1S/C12H23NO2/c1-4-6-10(2)12(14)13-8-5-7-11(13)9-15-3/h10-11H,4-9H2,1-3H3. The number of ether oxygens (including phenoxy) is 1. The number of carbonyl (C=O) groups is 1. The zero-order valence-electron chi connectivity index (χ0n) is 10.2. The first-order valence-corrected chi connectivity index (χ1v) is 6.00. The normalized spacial score (nSPS) is 23.1. The van der Waals surface area contributed by atoms with Gasteiger partial charge in [0.2, 0.25) is 5.91 Å². The van der Waals surface area contributed by atoms with Gasteiger partial charge < -0.3 is 9.64 Å². The van der Waals surface area contributed by atoms with E-state index in [0.717, 1.165) is 32.2 Å². The van der Waals surface area contributed by atoms with Gasteiger partial charge in [-0.3, -0.25) is 4.79 Å². The SMILES string of the molecule is CCCC(C)C(=O)N1CCCC1COC. The van der Waals surface area contributed by atoms with E-state index in [1.165, 1.54) is 0 Å². The molecule has 1 amide bonds. The molecule has 1 heterocycles. The van der Waals surface area contributed by atoms with E-state index in [4.69, 9.17) is 4.74 Å². The Morgan fingerprint density at radius 2 is 2.33 bits per heavy atom. The molecule has 0 aromatic rings. The van der Waals surface area contributed by atoms with E-state index < -0.39 is 0 Å². The second kappa shape index (κ2) is 6.11. The van der Waals surface area contributed by atoms with Crippen LogP contribution in [0, 0.1) is 5.92 Å². The summed E-state index contributed by atoms with van der Waals surface area (Å²) in [6.07, 6.45) is 4.29. The fourth-order valence-electron chi connectivity index (χ4n) is 2.33. The predicted octanol–water partition coefficient (Wildman–Crippen LogP) is 2.06. The molecule has 1 rings (SSSR count). The highest BCUT2D eigenvalue weighted by Gasteiger charge is 2.30. The van der Waals surface area contributed by atoms with Crippen molar-refractivity contribution < 1.29 is 9.53 Å². The minimum Gasteiger partial charge on any atom is -0.383 e. The van der Waals surface area contributed by atoms with Crippen LogP contribution in [-0.4, -0.2) is 37.1 Å². The van der Waals surface area contributed by atoms with Crippen LogP contribution in [0.4, 0.5) is 0 Å². The highest BCUT2D eigenvalue weighted by Crippen LogP contribution is 2.21. The molecule has 0 aromatic carbocycles. The van der Waals surface area contributed by atoms with Crippen LogP contribution in [0.2, 0.25) is 0 Å². The van der Waals surface area contributed by atoms with Crippen molar-refractivity contribution in [1.29, 1.82) is 0 Å². The molecular weight excluding hydrogens is 190 g/mol. The van der Waals surface area contributed by atoms with Crippen LogP contribution in [0.25, 0.3) is 0 Å². The molecule has 1 aliphatic rings. The Morgan fingerprint density at radius 3 is 2.93 bits per heavy atom. The maximum Gasteiger partial charge on any atom is 0.225 e. The third-order valence-corrected chi connectivity index (χ3v) is 3.16. The average Bonchev–Trinajstić information content (AvgIpc) is 2.66. The molecule has 0 aromatic heterocycles. The van der Waals surface area contributed by atoms with Crippen molar-refractivity contribution in [1.82, 2.24) is 4.90 Å². The van der Waals surface area contributed by atoms with Crippen molar-refractivity contribution in [2.24, 2.45) is 5.92 Å². The van der Waals surface area contributed by atoms with Gasteiger partial charge in [0.05, 0.1) is 12.6 Å². The Bertz CT molecular complexity index is 206. The minimum atomic E-state index is 0.174. The van der Waals surface area contributed by atoms with Crippen LogP contribution in [0.3, 0.4) is 0 Å². The van der Waals surface area contributed by atoms with Gasteiger partial charge in [0.25, 0.3) is 0 Å². The number of rotatable bonds is 5. The summed E-state index contributed by atoms with van der Waals surface area (Å²) < 4.78 is 5.15. The number of hydrogen-bond donors (Lipinski definition) is 0. The summed E-state index contributed by atoms with van der Waals surface area (Å²) in [6.45, 7) is 5.76. The first kappa shape index (κ1) is 12.5. The lowest BCUT2D eigenvalue weighted by atomic mass is 10.0. The van der Waals surface area contributed by atoms with Crippen LogP contribution in [0.15, 0.2) is 0 Å². The van der Waals surface area contributed by atoms with E-state index in [0.29, 0.717) is 18.6 Å². The lowest BCUT2D eigenvalue weighted by Gasteiger charge is -2.26. The fraction of sp³-hybridized carbons (Fsp3) is 0.917. The summed E-state index contributed by atoms with van der Waals surface area (Å²) in [5, 5.41) is 0. The van der Waals surface area contributed by atoms with Crippen LogP contribution >= 0.6 is 0 Å². The largest absolute Gasteiger partial charge is 0.383 e. The Hall–Kier alpha value is -0.570. The summed E-state index contributed by atoms with van der Waals surface area (Å²) in [5.41, 5.74) is 0. The molecule has 15 heavy (non-hydrogen) atoms. The van der Waals surface area contributed by atoms with Gasteiger partial charge in [-0.1, -0.05) is 20.3 Å². The maximum absolute atomic E-state index is 12.1. The van der Waals surface area contributed by atoms with Gasteiger partial charge in [0, 0.05) is 19.6 Å². The maximum atomic E-state index is 12.1. The first-order chi connectivity index (χ1) is 7.20. The molecule has 0 saturated carbocycles. The van der Waals surface area contributed by atoms with Gasteiger partial charge in [-0.2, -0.15) is 0 Å². The molecular formula is C12H23NO2. The number of methoxy groups -OCH3 is 1. The van der Waals surface area contributed by atoms with Gasteiger partial charge in [0.1, 0.15) is 0 Å². The van der Waals surface area contributed by atoms with Crippen molar-refractivity contribution in [2.45, 2.75) is 45.6 Å². The first-order valence-electron chi connectivity index (χ1n) is 6.00. The predicted molar refractivity (Wildman–Crippen MR) is 60.7 cm³/mol. The van der Waals surface area contributed by atoms with Crippen molar-refractivity contribution >= 4 is 5.91 Å². The molecule has 0 radical (unpaired) electrons. The molecule has 3 nitrogen and oxygen atoms in total. The quantitative estimate of drug-likeness (QED) is 0.699. The number of likely N-dealkylation sites (tertiary alicyclic amines) is 1. The van der Waals surface area contributed by atoms with Gasteiger partial charge in [-0.15, -0.1) is 0 Å². The van der Waals surface area contributed by atoms with E-state index in [1.54, 1.807) is 7.11 Å². The van der Waals surface area contributed by atoms with E-state index >= 15 is 0 Å². The molecule has 1 saturated heterocycles. The summed E-state index contributed by atoms with van der Waals surface area (Å²) in [5.74, 6) is 0.490. The van der Waals surface area contributed by atoms with Crippen LogP contribution in [0.1, 0.15) is 39.5 Å². The smallest absolute Gasteiger partial charge is 0.225 e. The van der Waals surface area contributed by atoms with Gasteiger partial charge >= 0.3 is 0 Å². The molecule has 0 aliphatic carbocycles. The summed E-state index contributed by atoms with van der Waals surface area (Å²) in [7, 11) is 1.70. The summed E-state index contributed by atoms with van der Waals surface area (Å²) >= 11 is 0. The highest BCUT2D eigenvalue weighted by molar-refractivity contribution is 5.79. The van der Waals surface area contributed by atoms with Crippen molar-refractivity contribution in [3.05, 3.63) is 0 Å². The number of hydrogen-bond acceptors (Lipinski definition) is 2. The number of amides is 1. The van der Waals surface area contributed by atoms with E-state index in [-0.39, 0.29) is 5.92 Å². The average molecular weight is 213 g/mol. The zero-order chi connectivity index (χ0) is 11.3. The Labute approximate surface area is 92.8 Å². The second-order valence-corrected chi connectivity index (χ2v) is 4.47. The van der Waals surface area contributed by atoms with Gasteiger partial charge in [0.15, 0.2) is 0 Å². The molecule has 1 aliphatic heterocycles. The zero-order valence-corrected chi connectivity index (χ0v) is 10.2. The molecule has 2 atom stereocenters. The Balaban J connectivity index is 2.50. The Morgan fingerprint density at radius 1 is 1.60 bits per heavy atom. The third kappa shape index (κ3) is 3.20. The van der Waals surface area contributed by atoms with E-state index in [2.05, 4.69) is 6.92 Å². The fourth-order valence-corrected chi connectivity index (χ4v) is 2.33. The summed E-state index contributed by atoms with van der Waals surface area (Å²) in [4.78, 5) is 14.1. The molecule has 2 unspecified atom stereocenters. The Kier molecular flexibility index (Phi) is 5.09. The lowest BCUT2D eigenvalue weighted by molar-refractivity contribution is -0.136. The second-order valence-electron chi connectivity index (χ2n) is 4.47. The molecule has 88 valence electrons. The van der Waals surface area contributed by atoms with Crippen LogP contribution < -0.4 is 0 Å². The number of carbonyl (C=O) groups excluding carboxylic acids is 1. The van der Waals surface area contributed by atoms with Crippen molar-refractivity contribution in [3.63, 3.8) is 0 Å². The van der Waals surface area contributed by atoms with Crippen molar-refractivity contribution in [3.8, 4) is 0 Å². The van der Waals surface area contributed by atoms with Gasteiger partial charge in [-0.05, 0) is 19.3 Å². The molecule has 0 bridgehead atoms. The van der Waals surface area contributed by atoms with E-state index in [9.17, 15) is 4.79 Å². The van der Waals surface area contributed by atoms with E-state index in [1.807, 2.05) is 11.8 Å². The molecule has 0 spiro atoms. The van der Waals surface area contributed by atoms with Crippen LogP contribution in [-0.2, 0) is 9.53 Å². The minimum absolute atomic E-state index is 0.174. The monoisotopic (exact) mass is 213 g/mol. The highest BCUT2D eigenvalue weighted by atomic mass is 16.5. The molecule has 1 fully saturated rings. The lowest BCUT2D eigenvalue weighted by Crippen LogP contribution is -2.41. The third-order valence-electron chi connectivity index (χ3n) is 3.16. The summed E-state index contributed by atoms with van der Waals surface area (Å²) in [6, 6.07) is 0.321. The topological polar surface area (TPSA) is 29.5 Å². The number of nitrogens with zero attached hydrogens (tertiary/aromatic N) is 1. The van der Waals surface area contributed by atoms with Gasteiger partial charge in [-0.25, -0.2) is 0 Å². The molecule has 0 N–H and O–H groups in total. The molecule has 3 heteroatoms. The van der Waals surface area contributed by atoms with Crippen molar-refractivity contribution in [2.75, 3.05) is 20.3 Å².